The fourth-order valence-corrected chi connectivity index (χ4v) is 0.603. The molecule has 0 spiro atoms. The van der Waals surface area contributed by atoms with Crippen LogP contribution in [0, 0.1) is 0 Å². The standard InChI is InChI=1S/C7H10N2O/c1-6-3-4-7(2,10)5-8-9-6/h3-5,10H,1-2H3. The summed E-state index contributed by atoms with van der Waals surface area (Å²) in [5.41, 5.74) is -0.143. The summed E-state index contributed by atoms with van der Waals surface area (Å²) in [6.07, 6.45) is 4.80. The summed E-state index contributed by atoms with van der Waals surface area (Å²) in [6, 6.07) is 0. The topological polar surface area (TPSA) is 45.0 Å². The molecule has 1 N–H and O–H groups in total. The van der Waals surface area contributed by atoms with Crippen molar-refractivity contribution in [2.75, 3.05) is 0 Å². The Labute approximate surface area is 59.8 Å². The van der Waals surface area contributed by atoms with E-state index in [2.05, 4.69) is 10.2 Å². The zero-order valence-corrected chi connectivity index (χ0v) is 6.07. The molecule has 0 aromatic carbocycles. The van der Waals surface area contributed by atoms with Gasteiger partial charge in [-0.15, -0.1) is 0 Å². The molecular formula is C7H10N2O. The van der Waals surface area contributed by atoms with Crippen molar-refractivity contribution in [1.29, 1.82) is 0 Å². The van der Waals surface area contributed by atoms with Crippen molar-refractivity contribution in [3.8, 4) is 0 Å². The van der Waals surface area contributed by atoms with E-state index in [9.17, 15) is 5.11 Å². The Bertz CT molecular complexity index is 214. The molecule has 0 aromatic rings. The number of hydrogen-bond acceptors (Lipinski definition) is 3. The van der Waals surface area contributed by atoms with Gasteiger partial charge in [0, 0.05) is 0 Å². The number of hydrogen-bond donors (Lipinski definition) is 1. The SMILES string of the molecule is CC1=NN=CC(C)(O)C=C1. The van der Waals surface area contributed by atoms with Gasteiger partial charge in [-0.3, -0.25) is 0 Å². The van der Waals surface area contributed by atoms with Gasteiger partial charge in [-0.1, -0.05) is 0 Å². The maximum absolute atomic E-state index is 9.36. The van der Waals surface area contributed by atoms with Crippen molar-refractivity contribution < 1.29 is 5.11 Å². The minimum absolute atomic E-state index is 0.800. The van der Waals surface area contributed by atoms with Crippen LogP contribution < -0.4 is 0 Å². The first-order valence-electron chi connectivity index (χ1n) is 3.10. The largest absolute Gasteiger partial charge is 0.380 e. The predicted molar refractivity (Wildman–Crippen MR) is 41.4 cm³/mol. The summed E-state index contributed by atoms with van der Waals surface area (Å²) in [6.45, 7) is 3.48. The van der Waals surface area contributed by atoms with E-state index in [0.717, 1.165) is 5.71 Å². The van der Waals surface area contributed by atoms with E-state index < -0.39 is 5.60 Å². The normalized spacial score (nSPS) is 31.7. The van der Waals surface area contributed by atoms with Gasteiger partial charge in [-0.25, -0.2) is 0 Å². The smallest absolute Gasteiger partial charge is 0.117 e. The van der Waals surface area contributed by atoms with Gasteiger partial charge in [0.15, 0.2) is 0 Å². The van der Waals surface area contributed by atoms with E-state index in [1.165, 1.54) is 6.21 Å². The highest BCUT2D eigenvalue weighted by atomic mass is 16.3. The van der Waals surface area contributed by atoms with E-state index in [1.807, 2.05) is 6.92 Å². The lowest BCUT2D eigenvalue weighted by atomic mass is 10.1. The lowest BCUT2D eigenvalue weighted by Gasteiger charge is -2.08. The highest BCUT2D eigenvalue weighted by molar-refractivity contribution is 5.94. The molecule has 0 aromatic heterocycles. The van der Waals surface area contributed by atoms with Crippen LogP contribution in [-0.2, 0) is 0 Å². The third kappa shape index (κ3) is 1.77. The maximum atomic E-state index is 9.36. The molecule has 1 aliphatic rings. The molecule has 0 bridgehead atoms. The Balaban J connectivity index is 2.88. The molecule has 54 valence electrons. The Hall–Kier alpha value is -0.960. The quantitative estimate of drug-likeness (QED) is 0.527. The molecule has 1 atom stereocenters. The van der Waals surface area contributed by atoms with Crippen molar-refractivity contribution >= 4 is 11.9 Å². The van der Waals surface area contributed by atoms with Gasteiger partial charge in [0.05, 0.1) is 11.9 Å². The number of rotatable bonds is 0. The molecule has 1 rings (SSSR count). The van der Waals surface area contributed by atoms with Crippen LogP contribution in [0.4, 0.5) is 0 Å². The molecular weight excluding hydrogens is 128 g/mol. The second-order valence-corrected chi connectivity index (χ2v) is 2.55. The molecule has 0 radical (unpaired) electrons. The van der Waals surface area contributed by atoms with Gasteiger partial charge in [-0.05, 0) is 26.0 Å². The van der Waals surface area contributed by atoms with Crippen LogP contribution in [0.15, 0.2) is 22.4 Å². The Morgan fingerprint density at radius 3 is 3.00 bits per heavy atom. The zero-order chi connectivity index (χ0) is 7.61. The van der Waals surface area contributed by atoms with Crippen LogP contribution in [0.5, 0.6) is 0 Å². The number of aliphatic hydroxyl groups is 1. The Kier molecular flexibility index (Phi) is 1.68. The van der Waals surface area contributed by atoms with Crippen molar-refractivity contribution in [3.05, 3.63) is 12.2 Å². The highest BCUT2D eigenvalue weighted by Gasteiger charge is 2.13. The van der Waals surface area contributed by atoms with Crippen molar-refractivity contribution in [2.24, 2.45) is 10.2 Å². The highest BCUT2D eigenvalue weighted by Crippen LogP contribution is 2.04. The predicted octanol–water partition coefficient (Wildman–Crippen LogP) is 0.754. The summed E-state index contributed by atoms with van der Waals surface area (Å²) < 4.78 is 0. The van der Waals surface area contributed by atoms with Gasteiger partial charge >= 0.3 is 0 Å². The molecule has 3 nitrogen and oxygen atoms in total. The van der Waals surface area contributed by atoms with Crippen LogP contribution >= 0.6 is 0 Å². The third-order valence-corrected chi connectivity index (χ3v) is 1.20. The van der Waals surface area contributed by atoms with E-state index in [0.29, 0.717) is 0 Å². The van der Waals surface area contributed by atoms with Crippen LogP contribution in [0.25, 0.3) is 0 Å². The van der Waals surface area contributed by atoms with Crippen molar-refractivity contribution in [2.45, 2.75) is 19.4 Å². The van der Waals surface area contributed by atoms with E-state index in [4.69, 9.17) is 0 Å². The maximum Gasteiger partial charge on any atom is 0.117 e. The van der Waals surface area contributed by atoms with Gasteiger partial charge in [0.2, 0.25) is 0 Å². The molecule has 0 amide bonds. The molecule has 0 fully saturated rings. The Morgan fingerprint density at radius 1 is 1.60 bits per heavy atom. The summed E-state index contributed by atoms with van der Waals surface area (Å²) >= 11 is 0. The van der Waals surface area contributed by atoms with Crippen LogP contribution in [0.3, 0.4) is 0 Å². The van der Waals surface area contributed by atoms with E-state index in [1.54, 1.807) is 19.1 Å². The average Bonchev–Trinajstić information content (AvgIpc) is 1.94. The van der Waals surface area contributed by atoms with Crippen molar-refractivity contribution in [3.63, 3.8) is 0 Å². The summed E-state index contributed by atoms with van der Waals surface area (Å²) in [5, 5.41) is 16.8. The molecule has 3 heteroatoms. The fourth-order valence-electron chi connectivity index (χ4n) is 0.603. The molecule has 0 saturated heterocycles. The van der Waals surface area contributed by atoms with E-state index >= 15 is 0 Å². The second kappa shape index (κ2) is 2.34. The first kappa shape index (κ1) is 7.15. The summed E-state index contributed by atoms with van der Waals surface area (Å²) in [7, 11) is 0. The Morgan fingerprint density at radius 2 is 2.30 bits per heavy atom. The second-order valence-electron chi connectivity index (χ2n) is 2.55. The molecule has 0 aliphatic carbocycles. The zero-order valence-electron chi connectivity index (χ0n) is 6.07. The van der Waals surface area contributed by atoms with Crippen molar-refractivity contribution in [1.82, 2.24) is 0 Å². The third-order valence-electron chi connectivity index (χ3n) is 1.20. The van der Waals surface area contributed by atoms with Gasteiger partial charge in [0.25, 0.3) is 0 Å². The van der Waals surface area contributed by atoms with E-state index in [-0.39, 0.29) is 0 Å². The molecule has 1 unspecified atom stereocenters. The molecule has 1 aliphatic heterocycles. The summed E-state index contributed by atoms with van der Waals surface area (Å²) in [4.78, 5) is 0. The van der Waals surface area contributed by atoms with Crippen LogP contribution in [0.2, 0.25) is 0 Å². The lowest BCUT2D eigenvalue weighted by Crippen LogP contribution is -2.21. The molecule has 0 saturated carbocycles. The van der Waals surface area contributed by atoms with Gasteiger partial charge in [-0.2, -0.15) is 10.2 Å². The number of allylic oxidation sites excluding steroid dienone is 1. The number of nitrogens with zero attached hydrogens (tertiary/aromatic N) is 2. The first-order valence-corrected chi connectivity index (χ1v) is 3.10. The van der Waals surface area contributed by atoms with Crippen LogP contribution in [0.1, 0.15) is 13.8 Å². The molecule has 1 heterocycles. The van der Waals surface area contributed by atoms with Gasteiger partial charge < -0.3 is 5.11 Å². The minimum atomic E-state index is -0.943. The summed E-state index contributed by atoms with van der Waals surface area (Å²) in [5.74, 6) is 0. The van der Waals surface area contributed by atoms with Crippen LogP contribution in [-0.4, -0.2) is 22.6 Å². The monoisotopic (exact) mass is 138 g/mol. The van der Waals surface area contributed by atoms with Gasteiger partial charge in [0.1, 0.15) is 5.60 Å². The average molecular weight is 138 g/mol. The fraction of sp³-hybridized carbons (Fsp3) is 0.429. The minimum Gasteiger partial charge on any atom is -0.380 e. The first-order chi connectivity index (χ1) is 4.60. The molecule has 10 heavy (non-hydrogen) atoms. The lowest BCUT2D eigenvalue weighted by molar-refractivity contribution is 0.190.